The topological polar surface area (TPSA) is 488 Å². The maximum absolute atomic E-state index is 14.4. The van der Waals surface area contributed by atoms with Gasteiger partial charge in [0.15, 0.2) is 0 Å². The minimum Gasteiger partial charge on any atom is -0.391 e. The van der Waals surface area contributed by atoms with Crippen LogP contribution in [0.4, 0.5) is 0 Å². The van der Waals surface area contributed by atoms with E-state index in [4.69, 9.17) is 34.4 Å². The molecule has 0 bridgehead atoms. The quantitative estimate of drug-likeness (QED) is 0.0513. The fraction of sp³-hybridized carbons (Fsp3) is 0.660. The normalized spacial score (nSPS) is 24.0. The van der Waals surface area contributed by atoms with Gasteiger partial charge in [-0.2, -0.15) is 0 Å². The summed E-state index contributed by atoms with van der Waals surface area (Å²) in [7, 11) is 0. The number of hydrogen-bond donors (Lipinski definition) is 18. The summed E-state index contributed by atoms with van der Waals surface area (Å²) in [5, 5.41) is 46.4. The largest absolute Gasteiger partial charge is 0.391 e. The first-order valence-corrected chi connectivity index (χ1v) is 25.2. The van der Waals surface area contributed by atoms with E-state index >= 15 is 0 Å². The van der Waals surface area contributed by atoms with Crippen LogP contribution in [0.3, 0.4) is 0 Å². The second kappa shape index (κ2) is 33.5. The van der Waals surface area contributed by atoms with Crippen LogP contribution in [0.15, 0.2) is 30.3 Å². The molecule has 4 unspecified atom stereocenters. The van der Waals surface area contributed by atoms with Crippen LogP contribution in [0.25, 0.3) is 0 Å². The molecular formula is C47H82N16O12. The maximum atomic E-state index is 14.4. The molecule has 1 heterocycles. The molecule has 1 saturated heterocycles. The molecule has 422 valence electrons. The number of aliphatic hydroxyl groups excluding tert-OH is 2. The molecule has 12 atom stereocenters. The number of amides is 10. The summed E-state index contributed by atoms with van der Waals surface area (Å²) in [6, 6.07) is -5.92. The number of carbonyl (C=O) groups is 10. The summed E-state index contributed by atoms with van der Waals surface area (Å²) in [5.41, 5.74) is 35.3. The predicted octanol–water partition coefficient (Wildman–Crippen LogP) is -8.01. The number of benzene rings is 1. The Morgan fingerprint density at radius 3 is 1.56 bits per heavy atom. The molecule has 0 aromatic heterocycles. The molecule has 0 spiro atoms. The third-order valence-corrected chi connectivity index (χ3v) is 11.9. The average molecular weight is 1060 g/mol. The van der Waals surface area contributed by atoms with E-state index in [2.05, 4.69) is 53.2 Å². The van der Waals surface area contributed by atoms with Crippen molar-refractivity contribution in [3.05, 3.63) is 35.9 Å². The van der Waals surface area contributed by atoms with E-state index < -0.39 is 145 Å². The fourth-order valence-corrected chi connectivity index (χ4v) is 7.75. The molecule has 10 amide bonds. The summed E-state index contributed by atoms with van der Waals surface area (Å²) in [6.07, 6.45) is -4.24. The van der Waals surface area contributed by atoms with Crippen molar-refractivity contribution in [3.8, 4) is 0 Å². The average Bonchev–Trinajstić information content (AvgIpc) is 3.35. The Morgan fingerprint density at radius 1 is 0.587 bits per heavy atom. The second-order valence-electron chi connectivity index (χ2n) is 18.8. The van der Waals surface area contributed by atoms with Gasteiger partial charge in [-0.15, -0.1) is 0 Å². The summed E-state index contributed by atoms with van der Waals surface area (Å²) in [4.78, 5) is 139. The summed E-state index contributed by atoms with van der Waals surface area (Å²) < 4.78 is 0. The lowest BCUT2D eigenvalue weighted by molar-refractivity contribution is -0.136. The molecule has 24 N–H and O–H groups in total. The monoisotopic (exact) mass is 1060 g/mol. The van der Waals surface area contributed by atoms with E-state index in [0.29, 0.717) is 5.56 Å². The van der Waals surface area contributed by atoms with Crippen LogP contribution >= 0.6 is 0 Å². The lowest BCUT2D eigenvalue weighted by Crippen LogP contribution is -2.61. The van der Waals surface area contributed by atoms with E-state index in [1.165, 1.54) is 13.8 Å². The van der Waals surface area contributed by atoms with Crippen molar-refractivity contribution in [1.29, 1.82) is 0 Å². The molecule has 0 radical (unpaired) electrons. The van der Waals surface area contributed by atoms with Gasteiger partial charge in [0.2, 0.25) is 59.1 Å². The molecule has 1 aromatic rings. The zero-order valence-electron chi connectivity index (χ0n) is 43.2. The van der Waals surface area contributed by atoms with Gasteiger partial charge in [-0.3, -0.25) is 47.9 Å². The summed E-state index contributed by atoms with van der Waals surface area (Å²) in [6.45, 7) is 4.96. The summed E-state index contributed by atoms with van der Waals surface area (Å²) >= 11 is 0. The van der Waals surface area contributed by atoms with E-state index in [9.17, 15) is 58.2 Å². The second-order valence-corrected chi connectivity index (χ2v) is 18.8. The van der Waals surface area contributed by atoms with Gasteiger partial charge in [0.1, 0.15) is 54.4 Å². The standard InChI is InChI=1S/C47H82N16O12/c1-24(2)22-34-44(72)57-29(11-17-49)39(67)56-32(14-20-52)43(71)63-36(25(3)64)46(74)54-21-15-33(58-40(68)31(13-19-51)59-47(75)37(26(4)65)62-38(66)28(53)10-16-48)42(70)55-30(12-18-50)41(69)61-35(45(73)60-34)23-27-8-6-5-7-9-27/h5-9,24-26,28-37,64-65H,10-23,48-53H2,1-4H3,(H,54,74)(H,55,70)(H,56,67)(H,57,72)(H,58,68)(H,59,75)(H,60,73)(H,61,69)(H,62,66)(H,63,71)/t25-,26+,28+,29?,30-,31+,32-,33?,34?,35?,36+,37-/m1/s1. The highest BCUT2D eigenvalue weighted by atomic mass is 16.3. The van der Waals surface area contributed by atoms with Gasteiger partial charge in [0.25, 0.3) is 0 Å². The molecule has 0 saturated carbocycles. The zero-order valence-corrected chi connectivity index (χ0v) is 43.2. The Hall–Kier alpha value is -6.40. The van der Waals surface area contributed by atoms with Gasteiger partial charge >= 0.3 is 0 Å². The molecule has 28 nitrogen and oxygen atoms in total. The highest BCUT2D eigenvalue weighted by Gasteiger charge is 2.37. The Morgan fingerprint density at radius 2 is 1.07 bits per heavy atom. The Labute approximate surface area is 436 Å². The van der Waals surface area contributed by atoms with Crippen LogP contribution in [0, 0.1) is 5.92 Å². The molecule has 1 aliphatic heterocycles. The van der Waals surface area contributed by atoms with Crippen molar-refractivity contribution >= 4 is 59.1 Å². The Balaban J connectivity index is 2.74. The van der Waals surface area contributed by atoms with Crippen LogP contribution < -0.4 is 87.6 Å². The molecule has 1 aliphatic rings. The molecule has 0 aliphatic carbocycles. The van der Waals surface area contributed by atoms with Gasteiger partial charge < -0.3 is 97.8 Å². The molecule has 28 heteroatoms. The van der Waals surface area contributed by atoms with Crippen molar-refractivity contribution in [2.75, 3.05) is 39.3 Å². The lowest BCUT2D eigenvalue weighted by atomic mass is 10.00. The van der Waals surface area contributed by atoms with E-state index in [-0.39, 0.29) is 83.6 Å². The van der Waals surface area contributed by atoms with Gasteiger partial charge in [0, 0.05) is 13.0 Å². The SMILES string of the molecule is CC(C)CC1NC(=O)C(Cc2ccccc2)NC(=O)[C@@H](CCN)NC(=O)C(NC(=O)[C@H](CCN)NC(=O)[C@H](NC(=O)[C@@H](N)CCN)[C@H](C)O)CCNC(=O)[C@H]([C@@H](C)O)NC(=O)[C@@H](CCN)NC(=O)C(CCN)NC1=O. The molecule has 2 rings (SSSR count). The molecule has 1 aromatic carbocycles. The first-order valence-electron chi connectivity index (χ1n) is 25.2. The number of carbonyl (C=O) groups excluding carboxylic acids is 10. The molecule has 75 heavy (non-hydrogen) atoms. The van der Waals surface area contributed by atoms with E-state index in [0.717, 1.165) is 0 Å². The van der Waals surface area contributed by atoms with Crippen LogP contribution in [0.5, 0.6) is 0 Å². The zero-order chi connectivity index (χ0) is 56.4. The predicted molar refractivity (Wildman–Crippen MR) is 274 cm³/mol. The number of rotatable bonds is 22. The Bertz CT molecular complexity index is 2050. The highest BCUT2D eigenvalue weighted by molar-refractivity contribution is 5.99. The number of hydrogen-bond acceptors (Lipinski definition) is 18. The number of aliphatic hydroxyl groups is 2. The first kappa shape index (κ1) is 64.7. The third kappa shape index (κ3) is 22.2. The minimum absolute atomic E-state index is 0.0475. The van der Waals surface area contributed by atoms with E-state index in [1.807, 2.05) is 0 Å². The van der Waals surface area contributed by atoms with Gasteiger partial charge in [-0.1, -0.05) is 44.2 Å². The van der Waals surface area contributed by atoms with Crippen molar-refractivity contribution in [2.24, 2.45) is 40.3 Å². The number of nitrogens with two attached hydrogens (primary N) is 6. The highest BCUT2D eigenvalue weighted by Crippen LogP contribution is 2.11. The maximum Gasteiger partial charge on any atom is 0.245 e. The third-order valence-electron chi connectivity index (χ3n) is 11.9. The minimum atomic E-state index is -1.67. The van der Waals surface area contributed by atoms with Crippen LogP contribution in [-0.2, 0) is 54.4 Å². The number of nitrogens with one attached hydrogen (secondary N) is 10. The molecule has 1 fully saturated rings. The fourth-order valence-electron chi connectivity index (χ4n) is 7.75. The van der Waals surface area contributed by atoms with Gasteiger partial charge in [-0.05, 0) is 103 Å². The summed E-state index contributed by atoms with van der Waals surface area (Å²) in [5.74, 6) is -9.37. The lowest BCUT2D eigenvalue weighted by Gasteiger charge is -2.28. The first-order chi connectivity index (χ1) is 35.5. The van der Waals surface area contributed by atoms with E-state index in [1.54, 1.807) is 44.2 Å². The van der Waals surface area contributed by atoms with Crippen molar-refractivity contribution in [3.63, 3.8) is 0 Å². The smallest absolute Gasteiger partial charge is 0.245 e. The Kier molecular flexibility index (Phi) is 28.9. The van der Waals surface area contributed by atoms with Crippen molar-refractivity contribution < 1.29 is 58.2 Å². The van der Waals surface area contributed by atoms with Crippen LogP contribution in [0.1, 0.15) is 78.2 Å². The van der Waals surface area contributed by atoms with Crippen LogP contribution in [0.2, 0.25) is 0 Å². The molecular weight excluding hydrogens is 981 g/mol. The van der Waals surface area contributed by atoms with Crippen molar-refractivity contribution in [2.45, 2.75) is 152 Å². The van der Waals surface area contributed by atoms with Crippen molar-refractivity contribution in [1.82, 2.24) is 53.2 Å². The van der Waals surface area contributed by atoms with Gasteiger partial charge in [-0.25, -0.2) is 0 Å². The van der Waals surface area contributed by atoms with Gasteiger partial charge in [0.05, 0.1) is 18.2 Å². The van der Waals surface area contributed by atoms with Crippen LogP contribution in [-0.4, -0.2) is 181 Å².